The Morgan fingerprint density at radius 2 is 2.19 bits per heavy atom. The van der Waals surface area contributed by atoms with Crippen molar-refractivity contribution in [2.75, 3.05) is 18.6 Å². The van der Waals surface area contributed by atoms with Crippen LogP contribution in [0.4, 0.5) is 0 Å². The normalized spacial score (nSPS) is 17.0. The fourth-order valence-corrected chi connectivity index (χ4v) is 4.77. The lowest BCUT2D eigenvalue weighted by Crippen LogP contribution is -2.38. The van der Waals surface area contributed by atoms with E-state index >= 15 is 0 Å². The summed E-state index contributed by atoms with van der Waals surface area (Å²) < 4.78 is 7.39. The Kier molecular flexibility index (Phi) is 7.01. The highest BCUT2D eigenvalue weighted by molar-refractivity contribution is 7.98. The van der Waals surface area contributed by atoms with Crippen LogP contribution in [0.15, 0.2) is 35.1 Å². The molecular formula is C24H30N4O3S. The number of aromatic nitrogens is 3. The molecule has 8 heteroatoms. The Hall–Kier alpha value is -2.58. The van der Waals surface area contributed by atoms with E-state index in [1.807, 2.05) is 50.4 Å². The van der Waals surface area contributed by atoms with E-state index in [-0.39, 0.29) is 29.2 Å². The molecule has 2 aromatic heterocycles. The average Bonchev–Trinajstić information content (AvgIpc) is 3.43. The third-order valence-corrected chi connectivity index (χ3v) is 6.64. The van der Waals surface area contributed by atoms with Crippen LogP contribution in [0.25, 0.3) is 11.0 Å². The third-order valence-electron chi connectivity index (χ3n) is 6.00. The van der Waals surface area contributed by atoms with Gasteiger partial charge in [0, 0.05) is 12.3 Å². The van der Waals surface area contributed by atoms with Crippen molar-refractivity contribution in [2.24, 2.45) is 0 Å². The summed E-state index contributed by atoms with van der Waals surface area (Å²) in [7, 11) is 0. The Morgan fingerprint density at radius 3 is 2.91 bits per heavy atom. The number of rotatable bonds is 8. The molecule has 3 heterocycles. The van der Waals surface area contributed by atoms with E-state index in [0.717, 1.165) is 41.9 Å². The number of para-hydroxylation sites is 2. The molecule has 0 bridgehead atoms. The van der Waals surface area contributed by atoms with Crippen LogP contribution in [0, 0.1) is 13.8 Å². The van der Waals surface area contributed by atoms with Crippen LogP contribution in [0.2, 0.25) is 0 Å². The molecule has 0 saturated carbocycles. The van der Waals surface area contributed by atoms with E-state index in [1.165, 1.54) is 0 Å². The number of amides is 1. The van der Waals surface area contributed by atoms with E-state index in [1.54, 1.807) is 16.3 Å². The number of carbonyl (C=O) groups excluding carboxylic acids is 1. The average molecular weight is 455 g/mol. The van der Waals surface area contributed by atoms with Crippen molar-refractivity contribution in [3.05, 3.63) is 63.3 Å². The summed E-state index contributed by atoms with van der Waals surface area (Å²) >= 11 is 1.71. The first-order valence-corrected chi connectivity index (χ1v) is 12.4. The van der Waals surface area contributed by atoms with Crippen molar-refractivity contribution in [3.8, 4) is 0 Å². The number of fused-ring (bicyclic) bond motifs is 1. The number of benzene rings is 1. The molecule has 3 aromatic rings. The van der Waals surface area contributed by atoms with Gasteiger partial charge in [0.2, 0.25) is 0 Å². The number of H-pyrrole nitrogens is 1. The summed E-state index contributed by atoms with van der Waals surface area (Å²) in [6.45, 7) is 4.93. The van der Waals surface area contributed by atoms with Gasteiger partial charge in [-0.15, -0.1) is 0 Å². The number of nitrogens with one attached hydrogen (secondary N) is 2. The fraction of sp³-hybridized carbons (Fsp3) is 0.458. The Morgan fingerprint density at radius 1 is 1.38 bits per heavy atom. The molecule has 0 spiro atoms. The quantitative estimate of drug-likeness (QED) is 0.541. The number of hydrogen-bond acceptors (Lipinski definition) is 5. The zero-order valence-corrected chi connectivity index (χ0v) is 19.6. The van der Waals surface area contributed by atoms with Crippen molar-refractivity contribution in [2.45, 2.75) is 51.8 Å². The molecule has 170 valence electrons. The van der Waals surface area contributed by atoms with E-state index in [4.69, 9.17) is 4.74 Å². The molecule has 0 radical (unpaired) electrons. The number of pyridine rings is 1. The number of aromatic amines is 1. The highest BCUT2D eigenvalue weighted by Crippen LogP contribution is 2.21. The van der Waals surface area contributed by atoms with Crippen LogP contribution in [-0.2, 0) is 11.3 Å². The van der Waals surface area contributed by atoms with Crippen LogP contribution in [0.5, 0.6) is 0 Å². The van der Waals surface area contributed by atoms with E-state index in [9.17, 15) is 9.59 Å². The molecule has 1 saturated heterocycles. The first-order chi connectivity index (χ1) is 15.5. The van der Waals surface area contributed by atoms with Crippen molar-refractivity contribution >= 4 is 28.7 Å². The van der Waals surface area contributed by atoms with Gasteiger partial charge >= 0.3 is 0 Å². The monoisotopic (exact) mass is 454 g/mol. The lowest BCUT2D eigenvalue weighted by molar-refractivity contribution is 0.0915. The number of aryl methyl sites for hydroxylation is 2. The van der Waals surface area contributed by atoms with E-state index < -0.39 is 0 Å². The summed E-state index contributed by atoms with van der Waals surface area (Å²) in [6, 6.07) is 9.39. The maximum atomic E-state index is 13.3. The standard InChI is InChI=1S/C24H30N4O3S/c1-15-13-16(2)28(14-17-7-6-11-31-17)24(30)21(15)23(29)27-20(10-12-32-3)22-25-18-8-4-5-9-19(18)26-22/h4-5,8-9,13,17,20H,6-7,10-12,14H2,1-3H3,(H,25,26)(H,27,29)/t17-,20+/m0/s1. The maximum Gasteiger partial charge on any atom is 0.263 e. The van der Waals surface area contributed by atoms with Gasteiger partial charge in [0.05, 0.1) is 29.7 Å². The smallest absolute Gasteiger partial charge is 0.263 e. The lowest BCUT2D eigenvalue weighted by atomic mass is 10.1. The number of thioether (sulfide) groups is 1. The second-order valence-electron chi connectivity index (χ2n) is 8.34. The van der Waals surface area contributed by atoms with Gasteiger partial charge in [0.25, 0.3) is 11.5 Å². The second-order valence-corrected chi connectivity index (χ2v) is 9.33. The summed E-state index contributed by atoms with van der Waals surface area (Å²) in [5, 5.41) is 3.08. The van der Waals surface area contributed by atoms with Gasteiger partial charge in [-0.1, -0.05) is 12.1 Å². The molecule has 1 aromatic carbocycles. The number of nitrogens with zero attached hydrogens (tertiary/aromatic N) is 2. The molecule has 32 heavy (non-hydrogen) atoms. The summed E-state index contributed by atoms with van der Waals surface area (Å²) in [4.78, 5) is 34.7. The number of ether oxygens (including phenoxy) is 1. The first kappa shape index (κ1) is 22.6. The third kappa shape index (κ3) is 4.76. The van der Waals surface area contributed by atoms with Gasteiger partial charge < -0.3 is 19.6 Å². The SMILES string of the molecule is CSCC[C@@H](NC(=O)c1c(C)cc(C)n(C[C@@H]2CCCO2)c1=O)c1nc2ccccc2[nH]1. The Balaban J connectivity index is 1.63. The molecule has 2 atom stereocenters. The van der Waals surface area contributed by atoms with Gasteiger partial charge in [-0.05, 0) is 68.9 Å². The second kappa shape index (κ2) is 9.92. The first-order valence-electron chi connectivity index (χ1n) is 11.0. The molecule has 1 aliphatic heterocycles. The maximum absolute atomic E-state index is 13.3. The minimum absolute atomic E-state index is 0.0230. The zero-order valence-electron chi connectivity index (χ0n) is 18.8. The predicted octanol–water partition coefficient (Wildman–Crippen LogP) is 3.74. The van der Waals surface area contributed by atoms with Gasteiger partial charge in [-0.3, -0.25) is 9.59 Å². The highest BCUT2D eigenvalue weighted by atomic mass is 32.2. The summed E-state index contributed by atoms with van der Waals surface area (Å²) in [6.07, 6.45) is 4.71. The highest BCUT2D eigenvalue weighted by Gasteiger charge is 2.25. The van der Waals surface area contributed by atoms with Crippen molar-refractivity contribution in [3.63, 3.8) is 0 Å². The minimum atomic E-state index is -0.361. The van der Waals surface area contributed by atoms with E-state index in [0.29, 0.717) is 24.4 Å². The molecule has 0 unspecified atom stereocenters. The molecule has 0 aliphatic carbocycles. The van der Waals surface area contributed by atoms with Gasteiger partial charge in [-0.25, -0.2) is 4.98 Å². The van der Waals surface area contributed by atoms with Gasteiger partial charge in [0.15, 0.2) is 0 Å². The molecular weight excluding hydrogens is 424 g/mol. The zero-order chi connectivity index (χ0) is 22.7. The number of hydrogen-bond donors (Lipinski definition) is 2. The topological polar surface area (TPSA) is 89.0 Å². The summed E-state index contributed by atoms with van der Waals surface area (Å²) in [5.41, 5.74) is 3.24. The number of carbonyl (C=O) groups is 1. The molecule has 7 nitrogen and oxygen atoms in total. The van der Waals surface area contributed by atoms with Crippen molar-refractivity contribution in [1.82, 2.24) is 19.9 Å². The van der Waals surface area contributed by atoms with Crippen molar-refractivity contribution in [1.29, 1.82) is 0 Å². The molecule has 1 aliphatic rings. The van der Waals surface area contributed by atoms with Crippen LogP contribution < -0.4 is 10.9 Å². The van der Waals surface area contributed by atoms with Crippen LogP contribution >= 0.6 is 11.8 Å². The number of imidazole rings is 1. The summed E-state index contributed by atoms with van der Waals surface area (Å²) in [5.74, 6) is 1.20. The fourth-order valence-electron chi connectivity index (χ4n) is 4.30. The largest absolute Gasteiger partial charge is 0.376 e. The van der Waals surface area contributed by atoms with Gasteiger partial charge in [-0.2, -0.15) is 11.8 Å². The predicted molar refractivity (Wildman–Crippen MR) is 128 cm³/mol. The lowest BCUT2D eigenvalue weighted by Gasteiger charge is -2.20. The van der Waals surface area contributed by atoms with Crippen LogP contribution in [0.1, 0.15) is 52.7 Å². The Labute approximate surface area is 192 Å². The minimum Gasteiger partial charge on any atom is -0.376 e. The molecule has 4 rings (SSSR count). The molecule has 1 amide bonds. The van der Waals surface area contributed by atoms with Gasteiger partial charge in [0.1, 0.15) is 11.4 Å². The Bertz CT molecular complexity index is 1130. The van der Waals surface area contributed by atoms with Crippen LogP contribution in [0.3, 0.4) is 0 Å². The van der Waals surface area contributed by atoms with Crippen LogP contribution in [-0.4, -0.2) is 45.2 Å². The van der Waals surface area contributed by atoms with Crippen molar-refractivity contribution < 1.29 is 9.53 Å². The molecule has 1 fully saturated rings. The molecule has 2 N–H and O–H groups in total. The van der Waals surface area contributed by atoms with E-state index in [2.05, 4.69) is 15.3 Å².